The van der Waals surface area contributed by atoms with Crippen molar-refractivity contribution in [3.05, 3.63) is 35.4 Å². The molecule has 3 rings (SSSR count). The molecule has 102 valence electrons. The molecule has 0 bridgehead atoms. The average Bonchev–Trinajstić information content (AvgIpc) is 3.02. The largest absolute Gasteiger partial charge is 0.341 e. The zero-order valence-electron chi connectivity index (χ0n) is 11.3. The molecule has 0 spiro atoms. The van der Waals surface area contributed by atoms with Crippen LogP contribution >= 0.6 is 0 Å². The predicted octanol–water partition coefficient (Wildman–Crippen LogP) is 2.14. The zero-order valence-corrected chi connectivity index (χ0v) is 11.3. The lowest BCUT2D eigenvalue weighted by molar-refractivity contribution is -0.0667. The SMILES string of the molecule is CC1(CNC(=O)N2CCCO2)Cc2ccccc2C1. The fraction of sp³-hybridized carbons (Fsp3) is 0.533. The number of hydrogen-bond acceptors (Lipinski definition) is 2. The smallest absolute Gasteiger partial charge is 0.336 e. The minimum atomic E-state index is -0.102. The van der Waals surface area contributed by atoms with Gasteiger partial charge in [0.2, 0.25) is 0 Å². The lowest BCUT2D eigenvalue weighted by atomic mass is 9.87. The number of benzene rings is 1. The molecule has 1 aliphatic heterocycles. The molecule has 0 radical (unpaired) electrons. The molecule has 1 saturated heterocycles. The van der Waals surface area contributed by atoms with Crippen molar-refractivity contribution in [2.45, 2.75) is 26.2 Å². The Hall–Kier alpha value is -1.55. The minimum absolute atomic E-state index is 0.102. The molecule has 2 aliphatic rings. The van der Waals surface area contributed by atoms with Crippen molar-refractivity contribution >= 4 is 6.03 Å². The first-order valence-corrected chi connectivity index (χ1v) is 6.91. The summed E-state index contributed by atoms with van der Waals surface area (Å²) in [5.41, 5.74) is 2.95. The van der Waals surface area contributed by atoms with Gasteiger partial charge in [-0.25, -0.2) is 9.86 Å². The van der Waals surface area contributed by atoms with Crippen LogP contribution in [0.5, 0.6) is 0 Å². The van der Waals surface area contributed by atoms with Gasteiger partial charge in [-0.3, -0.25) is 4.84 Å². The Kier molecular flexibility index (Phi) is 3.19. The van der Waals surface area contributed by atoms with Crippen LogP contribution in [-0.4, -0.2) is 30.8 Å². The summed E-state index contributed by atoms with van der Waals surface area (Å²) in [4.78, 5) is 17.2. The van der Waals surface area contributed by atoms with Crippen molar-refractivity contribution in [2.75, 3.05) is 19.7 Å². The number of rotatable bonds is 2. The lowest BCUT2D eigenvalue weighted by Gasteiger charge is -2.25. The van der Waals surface area contributed by atoms with Gasteiger partial charge in [-0.15, -0.1) is 0 Å². The number of nitrogens with zero attached hydrogens (tertiary/aromatic N) is 1. The highest BCUT2D eigenvalue weighted by Gasteiger charge is 2.33. The average molecular weight is 260 g/mol. The Labute approximate surface area is 113 Å². The first-order chi connectivity index (χ1) is 9.16. The highest BCUT2D eigenvalue weighted by Crippen LogP contribution is 2.35. The maximum Gasteiger partial charge on any atom is 0.341 e. The Balaban J connectivity index is 1.57. The molecule has 4 heteroatoms. The van der Waals surface area contributed by atoms with Gasteiger partial charge in [-0.2, -0.15) is 0 Å². The van der Waals surface area contributed by atoms with E-state index in [-0.39, 0.29) is 11.4 Å². The van der Waals surface area contributed by atoms with Gasteiger partial charge in [0.1, 0.15) is 0 Å². The normalized spacial score (nSPS) is 20.4. The van der Waals surface area contributed by atoms with Crippen LogP contribution in [0.3, 0.4) is 0 Å². The molecule has 1 aromatic carbocycles. The number of fused-ring (bicyclic) bond motifs is 1. The third-order valence-electron chi connectivity index (χ3n) is 4.00. The first-order valence-electron chi connectivity index (χ1n) is 6.91. The summed E-state index contributed by atoms with van der Waals surface area (Å²) in [6.07, 6.45) is 2.99. The lowest BCUT2D eigenvalue weighted by Crippen LogP contribution is -2.42. The van der Waals surface area contributed by atoms with Crippen LogP contribution in [0.1, 0.15) is 24.5 Å². The van der Waals surface area contributed by atoms with Crippen molar-refractivity contribution in [3.8, 4) is 0 Å². The Morgan fingerprint density at radius 3 is 2.63 bits per heavy atom. The molecule has 1 fully saturated rings. The zero-order chi connectivity index (χ0) is 13.3. The van der Waals surface area contributed by atoms with E-state index in [2.05, 4.69) is 36.5 Å². The van der Waals surface area contributed by atoms with Gasteiger partial charge in [-0.1, -0.05) is 31.2 Å². The molecule has 1 heterocycles. The van der Waals surface area contributed by atoms with Gasteiger partial charge in [0.05, 0.1) is 13.2 Å². The number of carbonyl (C=O) groups excluding carboxylic acids is 1. The van der Waals surface area contributed by atoms with Gasteiger partial charge in [0.25, 0.3) is 0 Å². The topological polar surface area (TPSA) is 41.6 Å². The number of hydroxylamine groups is 2. The second kappa shape index (κ2) is 4.85. The summed E-state index contributed by atoms with van der Waals surface area (Å²) in [6, 6.07) is 8.44. The molecule has 19 heavy (non-hydrogen) atoms. The summed E-state index contributed by atoms with van der Waals surface area (Å²) in [5, 5.41) is 4.44. The van der Waals surface area contributed by atoms with Crippen LogP contribution in [0.15, 0.2) is 24.3 Å². The van der Waals surface area contributed by atoms with Gasteiger partial charge in [-0.05, 0) is 35.8 Å². The van der Waals surface area contributed by atoms with Gasteiger partial charge >= 0.3 is 6.03 Å². The number of hydrogen-bond donors (Lipinski definition) is 1. The van der Waals surface area contributed by atoms with E-state index < -0.39 is 0 Å². The highest BCUT2D eigenvalue weighted by atomic mass is 16.7. The maximum atomic E-state index is 11.9. The van der Waals surface area contributed by atoms with E-state index in [0.717, 1.165) is 19.3 Å². The molecule has 2 amide bonds. The van der Waals surface area contributed by atoms with Crippen LogP contribution in [0.2, 0.25) is 0 Å². The number of urea groups is 1. The van der Waals surface area contributed by atoms with Crippen molar-refractivity contribution in [1.29, 1.82) is 0 Å². The maximum absolute atomic E-state index is 11.9. The standard InChI is InChI=1S/C15H20N2O2/c1-15(9-12-5-2-3-6-13(12)10-15)11-16-14(18)17-7-4-8-19-17/h2-3,5-6H,4,7-11H2,1H3,(H,16,18). The molecule has 0 atom stereocenters. The summed E-state index contributed by atoms with van der Waals surface area (Å²) in [5.74, 6) is 0. The van der Waals surface area contributed by atoms with Crippen molar-refractivity contribution in [3.63, 3.8) is 0 Å². The van der Waals surface area contributed by atoms with Crippen LogP contribution in [0.4, 0.5) is 4.79 Å². The summed E-state index contributed by atoms with van der Waals surface area (Å²) in [6.45, 7) is 4.28. The van der Waals surface area contributed by atoms with Gasteiger partial charge in [0.15, 0.2) is 0 Å². The quantitative estimate of drug-likeness (QED) is 0.885. The first kappa shape index (κ1) is 12.5. The van der Waals surface area contributed by atoms with E-state index in [4.69, 9.17) is 4.84 Å². The Morgan fingerprint density at radius 1 is 1.37 bits per heavy atom. The van der Waals surface area contributed by atoms with E-state index in [1.54, 1.807) is 0 Å². The molecule has 0 unspecified atom stereocenters. The van der Waals surface area contributed by atoms with E-state index in [0.29, 0.717) is 19.7 Å². The molecule has 1 aliphatic carbocycles. The molecular weight excluding hydrogens is 240 g/mol. The molecule has 0 saturated carbocycles. The van der Waals surface area contributed by atoms with E-state index in [9.17, 15) is 4.79 Å². The number of carbonyl (C=O) groups is 1. The Bertz CT molecular complexity index is 456. The van der Waals surface area contributed by atoms with Crippen LogP contribution in [0.25, 0.3) is 0 Å². The molecule has 1 aromatic rings. The second-order valence-corrected chi connectivity index (χ2v) is 5.88. The second-order valence-electron chi connectivity index (χ2n) is 5.88. The molecule has 0 aromatic heterocycles. The summed E-state index contributed by atoms with van der Waals surface area (Å²) in [7, 11) is 0. The Morgan fingerprint density at radius 2 is 2.05 bits per heavy atom. The van der Waals surface area contributed by atoms with Crippen molar-refractivity contribution in [2.24, 2.45) is 5.41 Å². The predicted molar refractivity (Wildman–Crippen MR) is 72.6 cm³/mol. The van der Waals surface area contributed by atoms with E-state index in [1.165, 1.54) is 16.2 Å². The van der Waals surface area contributed by atoms with Crippen LogP contribution in [0, 0.1) is 5.41 Å². The van der Waals surface area contributed by atoms with Crippen LogP contribution < -0.4 is 5.32 Å². The molecular formula is C15H20N2O2. The number of amides is 2. The van der Waals surface area contributed by atoms with Crippen molar-refractivity contribution < 1.29 is 9.63 Å². The third kappa shape index (κ3) is 2.59. The number of nitrogens with one attached hydrogen (secondary N) is 1. The third-order valence-corrected chi connectivity index (χ3v) is 4.00. The van der Waals surface area contributed by atoms with Gasteiger partial charge < -0.3 is 5.32 Å². The fourth-order valence-corrected chi connectivity index (χ4v) is 2.99. The van der Waals surface area contributed by atoms with E-state index in [1.807, 2.05) is 0 Å². The molecule has 4 nitrogen and oxygen atoms in total. The summed E-state index contributed by atoms with van der Waals surface area (Å²) < 4.78 is 0. The van der Waals surface area contributed by atoms with Crippen LogP contribution in [-0.2, 0) is 17.7 Å². The monoisotopic (exact) mass is 260 g/mol. The van der Waals surface area contributed by atoms with Crippen molar-refractivity contribution in [1.82, 2.24) is 10.4 Å². The van der Waals surface area contributed by atoms with Gasteiger partial charge in [0, 0.05) is 6.54 Å². The minimum Gasteiger partial charge on any atom is -0.336 e. The molecule has 1 N–H and O–H groups in total. The van der Waals surface area contributed by atoms with E-state index >= 15 is 0 Å². The fourth-order valence-electron chi connectivity index (χ4n) is 2.99. The summed E-state index contributed by atoms with van der Waals surface area (Å²) >= 11 is 0. The highest BCUT2D eigenvalue weighted by molar-refractivity contribution is 5.73.